The van der Waals surface area contributed by atoms with Crippen LogP contribution in [0.25, 0.3) is 0 Å². The molecule has 1 fully saturated rings. The summed E-state index contributed by atoms with van der Waals surface area (Å²) in [6, 6.07) is 10.3. The maximum atomic E-state index is 5.85. The van der Waals surface area contributed by atoms with Crippen LogP contribution >= 0.6 is 27.7 Å². The minimum absolute atomic E-state index is 0.0315. The zero-order valence-electron chi connectivity index (χ0n) is 15.6. The lowest BCUT2D eigenvalue weighted by Gasteiger charge is -2.28. The number of fused-ring (bicyclic) bond motifs is 1. The Morgan fingerprint density at radius 2 is 2.19 bits per heavy atom. The van der Waals surface area contributed by atoms with Gasteiger partial charge in [-0.2, -0.15) is 0 Å². The Morgan fingerprint density at radius 1 is 1.33 bits per heavy atom. The molecule has 0 bridgehead atoms. The first kappa shape index (κ1) is 18.6. The predicted molar refractivity (Wildman–Crippen MR) is 113 cm³/mol. The molecule has 1 aromatic heterocycles. The van der Waals surface area contributed by atoms with Crippen molar-refractivity contribution in [2.45, 2.75) is 31.2 Å². The third-order valence-corrected chi connectivity index (χ3v) is 6.45. The molecule has 2 aromatic rings. The molecular weight excluding hydrogens is 426 g/mol. The van der Waals surface area contributed by atoms with Gasteiger partial charge in [0, 0.05) is 18.0 Å². The molecule has 5 nitrogen and oxygen atoms in total. The van der Waals surface area contributed by atoms with E-state index in [9.17, 15) is 0 Å². The van der Waals surface area contributed by atoms with Gasteiger partial charge in [0.2, 0.25) is 0 Å². The van der Waals surface area contributed by atoms with E-state index in [0.717, 1.165) is 38.9 Å². The molecule has 7 heteroatoms. The van der Waals surface area contributed by atoms with E-state index in [2.05, 4.69) is 50.9 Å². The minimum Gasteiger partial charge on any atom is -0.492 e. The second kappa shape index (κ2) is 7.72. The van der Waals surface area contributed by atoms with Gasteiger partial charge in [-0.3, -0.25) is 9.98 Å². The Morgan fingerprint density at radius 3 is 2.89 bits per heavy atom. The first-order valence-corrected chi connectivity index (χ1v) is 10.7. The van der Waals surface area contributed by atoms with Crippen LogP contribution in [0.15, 0.2) is 46.0 Å². The van der Waals surface area contributed by atoms with Gasteiger partial charge in [0.05, 0.1) is 29.9 Å². The Bertz CT molecular complexity index is 862. The van der Waals surface area contributed by atoms with Gasteiger partial charge in [0.25, 0.3) is 0 Å². The Balaban J connectivity index is 1.80. The van der Waals surface area contributed by atoms with Crippen molar-refractivity contribution in [2.24, 2.45) is 4.99 Å². The molecular formula is C20H22BrN3O2S. The van der Waals surface area contributed by atoms with Gasteiger partial charge in [-0.25, -0.2) is 0 Å². The average molecular weight is 448 g/mol. The molecule has 0 amide bonds. The summed E-state index contributed by atoms with van der Waals surface area (Å²) < 4.78 is 12.3. The van der Waals surface area contributed by atoms with Gasteiger partial charge in [0.15, 0.2) is 16.7 Å². The molecule has 142 valence electrons. The van der Waals surface area contributed by atoms with Crippen LogP contribution in [0.4, 0.5) is 0 Å². The van der Waals surface area contributed by atoms with Crippen LogP contribution < -0.4 is 9.47 Å². The molecule has 3 atom stereocenters. The summed E-state index contributed by atoms with van der Waals surface area (Å²) in [4.78, 5) is 12.0. The lowest BCUT2D eigenvalue weighted by atomic mass is 9.96. The minimum atomic E-state index is -0.0315. The monoisotopic (exact) mass is 447 g/mol. The van der Waals surface area contributed by atoms with Crippen molar-refractivity contribution in [2.75, 3.05) is 20.3 Å². The van der Waals surface area contributed by atoms with Crippen molar-refractivity contribution in [1.82, 2.24) is 9.88 Å². The molecule has 2 aliphatic rings. The van der Waals surface area contributed by atoms with Crippen molar-refractivity contribution in [3.63, 3.8) is 0 Å². The van der Waals surface area contributed by atoms with Gasteiger partial charge >= 0.3 is 0 Å². The van der Waals surface area contributed by atoms with Gasteiger partial charge in [-0.15, -0.1) is 0 Å². The van der Waals surface area contributed by atoms with Crippen molar-refractivity contribution >= 4 is 32.9 Å². The number of benzene rings is 1. The molecule has 0 N–H and O–H groups in total. The number of rotatable bonds is 5. The second-order valence-corrected chi connectivity index (χ2v) is 8.86. The normalized spacial score (nSPS) is 23.9. The van der Waals surface area contributed by atoms with Crippen LogP contribution in [0.2, 0.25) is 0 Å². The first-order valence-electron chi connectivity index (χ1n) is 9.04. The number of nitrogens with zero attached hydrogens (tertiary/aromatic N) is 3. The smallest absolute Gasteiger partial charge is 0.174 e. The van der Waals surface area contributed by atoms with E-state index >= 15 is 0 Å². The molecule has 0 spiro atoms. The number of thioether (sulfide) groups is 1. The standard InChI is InChI=1S/C20H22BrN3O2S/c1-4-26-16-10-13(9-14(21)19(16)25-3)18-17(15-7-5-6-8-22-15)23-20-24(18)11-12(2)27-20/h5-10,12,17-18H,4,11H2,1-3H3. The van der Waals surface area contributed by atoms with E-state index in [1.165, 1.54) is 0 Å². The van der Waals surface area contributed by atoms with Crippen LogP contribution in [0, 0.1) is 0 Å². The van der Waals surface area contributed by atoms with Crippen molar-refractivity contribution in [3.05, 3.63) is 52.3 Å². The summed E-state index contributed by atoms with van der Waals surface area (Å²) in [5, 5.41) is 1.64. The van der Waals surface area contributed by atoms with Crippen molar-refractivity contribution in [3.8, 4) is 11.5 Å². The number of amidine groups is 1. The molecule has 1 saturated heterocycles. The number of hydrogen-bond donors (Lipinski definition) is 0. The lowest BCUT2D eigenvalue weighted by molar-refractivity contribution is 0.301. The zero-order valence-corrected chi connectivity index (χ0v) is 18.0. The summed E-state index contributed by atoms with van der Waals surface area (Å²) >= 11 is 5.49. The summed E-state index contributed by atoms with van der Waals surface area (Å²) in [6.45, 7) is 5.78. The highest BCUT2D eigenvalue weighted by Crippen LogP contribution is 2.49. The predicted octanol–water partition coefficient (Wildman–Crippen LogP) is 4.84. The second-order valence-electron chi connectivity index (χ2n) is 6.60. The van der Waals surface area contributed by atoms with Gasteiger partial charge in [0.1, 0.15) is 6.04 Å². The van der Waals surface area contributed by atoms with E-state index in [4.69, 9.17) is 14.5 Å². The van der Waals surface area contributed by atoms with Crippen molar-refractivity contribution in [1.29, 1.82) is 0 Å². The van der Waals surface area contributed by atoms with E-state index in [0.29, 0.717) is 11.9 Å². The number of aromatic nitrogens is 1. The number of pyridine rings is 1. The number of hydrogen-bond acceptors (Lipinski definition) is 6. The highest BCUT2D eigenvalue weighted by atomic mass is 79.9. The highest BCUT2D eigenvalue weighted by Gasteiger charge is 2.43. The maximum Gasteiger partial charge on any atom is 0.174 e. The highest BCUT2D eigenvalue weighted by molar-refractivity contribution is 9.10. The van der Waals surface area contributed by atoms with Crippen LogP contribution in [0.3, 0.4) is 0 Å². The molecule has 3 unspecified atom stereocenters. The summed E-state index contributed by atoms with van der Waals surface area (Å²) in [6.07, 6.45) is 1.83. The van der Waals surface area contributed by atoms with E-state index in [-0.39, 0.29) is 12.1 Å². The van der Waals surface area contributed by atoms with Gasteiger partial charge in [-0.1, -0.05) is 24.8 Å². The fourth-order valence-corrected chi connectivity index (χ4v) is 5.41. The SMILES string of the molecule is CCOc1cc(C2C(c3ccccn3)N=C3SC(C)CN32)cc(Br)c1OC. The molecule has 4 rings (SSSR count). The first-order chi connectivity index (χ1) is 13.1. The number of ether oxygens (including phenoxy) is 2. The molecule has 2 aliphatic heterocycles. The molecule has 0 radical (unpaired) electrons. The van der Waals surface area contributed by atoms with E-state index in [1.807, 2.05) is 37.0 Å². The van der Waals surface area contributed by atoms with Crippen LogP contribution in [0.1, 0.15) is 37.2 Å². The maximum absolute atomic E-state index is 5.85. The van der Waals surface area contributed by atoms with Crippen molar-refractivity contribution < 1.29 is 9.47 Å². The number of methoxy groups -OCH3 is 1. The fourth-order valence-electron chi connectivity index (χ4n) is 3.70. The Hall–Kier alpha value is -1.73. The number of aliphatic imine (C=N–C) groups is 1. The number of halogens is 1. The third kappa shape index (κ3) is 3.43. The summed E-state index contributed by atoms with van der Waals surface area (Å²) in [5.74, 6) is 1.47. The van der Waals surface area contributed by atoms with Gasteiger partial charge in [-0.05, 0) is 52.7 Å². The largest absolute Gasteiger partial charge is 0.492 e. The van der Waals surface area contributed by atoms with E-state index < -0.39 is 0 Å². The van der Waals surface area contributed by atoms with Gasteiger partial charge < -0.3 is 14.4 Å². The molecule has 0 aliphatic carbocycles. The Kier molecular flexibility index (Phi) is 5.32. The molecule has 27 heavy (non-hydrogen) atoms. The molecule has 3 heterocycles. The fraction of sp³-hybridized carbons (Fsp3) is 0.400. The molecule has 1 aromatic carbocycles. The summed E-state index contributed by atoms with van der Waals surface area (Å²) in [5.41, 5.74) is 2.14. The third-order valence-electron chi connectivity index (χ3n) is 4.76. The zero-order chi connectivity index (χ0) is 19.0. The van der Waals surface area contributed by atoms with Crippen LogP contribution in [-0.4, -0.2) is 40.6 Å². The van der Waals surface area contributed by atoms with Crippen LogP contribution in [0.5, 0.6) is 11.5 Å². The summed E-state index contributed by atoms with van der Waals surface area (Å²) in [7, 11) is 1.66. The molecule has 0 saturated carbocycles. The van der Waals surface area contributed by atoms with Crippen LogP contribution in [-0.2, 0) is 0 Å². The Labute approximate surface area is 172 Å². The topological polar surface area (TPSA) is 47.0 Å². The average Bonchev–Trinajstić information content (AvgIpc) is 3.18. The lowest BCUT2D eigenvalue weighted by Crippen LogP contribution is -2.28. The quantitative estimate of drug-likeness (QED) is 0.655. The van der Waals surface area contributed by atoms with E-state index in [1.54, 1.807) is 7.11 Å².